The zero-order valence-electron chi connectivity index (χ0n) is 26.3. The Hall–Kier alpha value is -1.06. The van der Waals surface area contributed by atoms with Gasteiger partial charge in [0.25, 0.3) is 0 Å². The van der Waals surface area contributed by atoms with Gasteiger partial charge in [-0.15, -0.1) is 0 Å². The van der Waals surface area contributed by atoms with Crippen LogP contribution in [0.3, 0.4) is 0 Å². The summed E-state index contributed by atoms with van der Waals surface area (Å²) in [5, 5.41) is 0. The minimum absolute atomic E-state index is 0.0442. The van der Waals surface area contributed by atoms with Crippen LogP contribution in [0.25, 0.3) is 0 Å². The Morgan fingerprint density at radius 2 is 0.842 bits per heavy atom. The highest BCUT2D eigenvalue weighted by atomic mass is 16.5. The number of esters is 2. The van der Waals surface area contributed by atoms with Gasteiger partial charge >= 0.3 is 11.9 Å². The number of carbonyl (C=O) groups is 2. The topological polar surface area (TPSA) is 52.6 Å². The average molecular weight is 537 g/mol. The molecule has 0 aromatic rings. The van der Waals surface area contributed by atoms with Crippen molar-refractivity contribution in [3.8, 4) is 0 Å². The van der Waals surface area contributed by atoms with Gasteiger partial charge in [-0.1, -0.05) is 106 Å². The number of hydrogen-bond donors (Lipinski definition) is 0. The Balaban J connectivity index is 2.07. The van der Waals surface area contributed by atoms with Gasteiger partial charge in [0.15, 0.2) is 0 Å². The van der Waals surface area contributed by atoms with Crippen molar-refractivity contribution in [3.63, 3.8) is 0 Å². The molecule has 0 spiro atoms. The van der Waals surface area contributed by atoms with E-state index in [1.807, 2.05) is 0 Å². The maximum Gasteiger partial charge on any atom is 0.308 e. The van der Waals surface area contributed by atoms with Crippen molar-refractivity contribution < 1.29 is 19.1 Å². The quantitative estimate of drug-likeness (QED) is 0.102. The maximum atomic E-state index is 12.5. The Morgan fingerprint density at radius 3 is 1.16 bits per heavy atom. The van der Waals surface area contributed by atoms with Gasteiger partial charge in [-0.3, -0.25) is 9.59 Å². The van der Waals surface area contributed by atoms with E-state index in [1.165, 1.54) is 77.0 Å². The van der Waals surface area contributed by atoms with Gasteiger partial charge in [-0.05, 0) is 75.0 Å². The number of unbranched alkanes of at least 4 members (excludes halogenated alkanes) is 8. The van der Waals surface area contributed by atoms with Crippen LogP contribution in [0, 0.1) is 22.7 Å². The summed E-state index contributed by atoms with van der Waals surface area (Å²) in [5.41, 5.74) is 0.854. The highest BCUT2D eigenvalue weighted by Gasteiger charge is 2.31. The van der Waals surface area contributed by atoms with E-state index in [2.05, 4.69) is 41.5 Å². The van der Waals surface area contributed by atoms with Gasteiger partial charge in [0.1, 0.15) is 0 Å². The zero-order chi connectivity index (χ0) is 28.3. The third-order valence-electron chi connectivity index (χ3n) is 8.79. The van der Waals surface area contributed by atoms with Crippen LogP contribution in [0.4, 0.5) is 0 Å². The van der Waals surface area contributed by atoms with Crippen LogP contribution < -0.4 is 0 Å². The summed E-state index contributed by atoms with van der Waals surface area (Å²) in [5.74, 6) is -0.210. The van der Waals surface area contributed by atoms with Crippen molar-refractivity contribution in [2.24, 2.45) is 22.7 Å². The molecule has 38 heavy (non-hydrogen) atoms. The van der Waals surface area contributed by atoms with E-state index in [0.29, 0.717) is 24.0 Å². The molecule has 0 amide bonds. The van der Waals surface area contributed by atoms with Crippen molar-refractivity contribution in [1.29, 1.82) is 0 Å². The summed E-state index contributed by atoms with van der Waals surface area (Å²) in [6.45, 7) is 15.1. The normalized spacial score (nSPS) is 18.4. The minimum atomic E-state index is -0.0608. The number of carbonyl (C=O) groups excluding carboxylic acids is 2. The van der Waals surface area contributed by atoms with Crippen LogP contribution in [0.2, 0.25) is 0 Å². The lowest BCUT2D eigenvalue weighted by atomic mass is 9.82. The molecule has 0 saturated heterocycles. The van der Waals surface area contributed by atoms with E-state index >= 15 is 0 Å². The molecule has 0 N–H and O–H groups in total. The van der Waals surface area contributed by atoms with Crippen LogP contribution in [0.5, 0.6) is 0 Å². The minimum Gasteiger partial charge on any atom is -0.465 e. The lowest BCUT2D eigenvalue weighted by Gasteiger charge is -2.26. The van der Waals surface area contributed by atoms with Crippen molar-refractivity contribution in [3.05, 3.63) is 0 Å². The number of hydrogen-bond acceptors (Lipinski definition) is 4. The van der Waals surface area contributed by atoms with Crippen LogP contribution in [0.1, 0.15) is 170 Å². The van der Waals surface area contributed by atoms with E-state index < -0.39 is 0 Å². The van der Waals surface area contributed by atoms with Crippen molar-refractivity contribution in [1.82, 2.24) is 0 Å². The average Bonchev–Trinajstić information content (AvgIpc) is 2.88. The van der Waals surface area contributed by atoms with Gasteiger partial charge in [0.2, 0.25) is 0 Å². The fourth-order valence-corrected chi connectivity index (χ4v) is 5.87. The Morgan fingerprint density at radius 1 is 0.526 bits per heavy atom. The SMILES string of the molecule is CCCCCC(C)(C)CCCCCOC(=O)C1CCC(C(=O)OCCCCCC(C)(C)CCCCC)CC1. The molecular formula is C34H64O4. The molecule has 0 aromatic carbocycles. The molecule has 0 aliphatic heterocycles. The summed E-state index contributed by atoms with van der Waals surface area (Å²) in [4.78, 5) is 25.0. The highest BCUT2D eigenvalue weighted by Crippen LogP contribution is 2.32. The second-order valence-corrected chi connectivity index (χ2v) is 13.7. The molecule has 1 saturated carbocycles. The third kappa shape index (κ3) is 16.8. The molecule has 0 radical (unpaired) electrons. The molecule has 0 atom stereocenters. The zero-order valence-corrected chi connectivity index (χ0v) is 26.3. The standard InChI is InChI=1S/C34H64O4/c1-7-9-13-23-33(3,4)25-15-11-17-27-37-31(35)29-19-21-30(22-20-29)32(36)38-28-18-12-16-26-34(5,6)24-14-10-8-2/h29-30H,7-28H2,1-6H3. The van der Waals surface area contributed by atoms with Gasteiger partial charge in [0.05, 0.1) is 25.0 Å². The van der Waals surface area contributed by atoms with Crippen molar-refractivity contribution in [2.75, 3.05) is 13.2 Å². The van der Waals surface area contributed by atoms with Gasteiger partial charge in [-0.25, -0.2) is 0 Å². The second-order valence-electron chi connectivity index (χ2n) is 13.7. The first kappa shape index (κ1) is 35.0. The summed E-state index contributed by atoms with van der Waals surface area (Å²) in [7, 11) is 0. The predicted octanol–water partition coefficient (Wildman–Crippen LogP) is 10.2. The van der Waals surface area contributed by atoms with Crippen LogP contribution in [0.15, 0.2) is 0 Å². The molecule has 1 rings (SSSR count). The first-order chi connectivity index (χ1) is 18.1. The van der Waals surface area contributed by atoms with E-state index in [9.17, 15) is 9.59 Å². The van der Waals surface area contributed by atoms with Crippen LogP contribution in [-0.2, 0) is 19.1 Å². The monoisotopic (exact) mass is 536 g/mol. The van der Waals surface area contributed by atoms with Crippen molar-refractivity contribution in [2.45, 2.75) is 170 Å². The van der Waals surface area contributed by atoms with E-state index in [1.54, 1.807) is 0 Å². The maximum absolute atomic E-state index is 12.5. The Kier molecular flexibility index (Phi) is 18.3. The van der Waals surface area contributed by atoms with Gasteiger partial charge in [0, 0.05) is 0 Å². The number of rotatable bonds is 22. The molecule has 4 heteroatoms. The van der Waals surface area contributed by atoms with E-state index in [0.717, 1.165) is 51.4 Å². The van der Waals surface area contributed by atoms with Gasteiger partial charge in [-0.2, -0.15) is 0 Å². The summed E-state index contributed by atoms with van der Waals surface area (Å²) < 4.78 is 11.2. The van der Waals surface area contributed by atoms with E-state index in [-0.39, 0.29) is 23.8 Å². The first-order valence-corrected chi connectivity index (χ1v) is 16.4. The molecule has 0 bridgehead atoms. The Labute approximate surface area is 236 Å². The fourth-order valence-electron chi connectivity index (χ4n) is 5.87. The molecule has 0 unspecified atom stereocenters. The molecule has 0 heterocycles. The number of ether oxygens (including phenoxy) is 2. The summed E-state index contributed by atoms with van der Waals surface area (Å²) >= 11 is 0. The third-order valence-corrected chi connectivity index (χ3v) is 8.79. The van der Waals surface area contributed by atoms with Crippen LogP contribution in [-0.4, -0.2) is 25.2 Å². The van der Waals surface area contributed by atoms with Crippen molar-refractivity contribution >= 4 is 11.9 Å². The summed E-state index contributed by atoms with van der Waals surface area (Å²) in [6, 6.07) is 0. The molecule has 1 fully saturated rings. The van der Waals surface area contributed by atoms with Gasteiger partial charge < -0.3 is 9.47 Å². The lowest BCUT2D eigenvalue weighted by Crippen LogP contribution is -2.28. The largest absolute Gasteiger partial charge is 0.465 e. The molecule has 0 aromatic heterocycles. The molecular weight excluding hydrogens is 472 g/mol. The van der Waals surface area contributed by atoms with Crippen LogP contribution >= 0.6 is 0 Å². The summed E-state index contributed by atoms with van der Waals surface area (Å²) in [6.07, 6.45) is 22.6. The van der Waals surface area contributed by atoms with E-state index in [4.69, 9.17) is 9.47 Å². The molecule has 4 nitrogen and oxygen atoms in total. The molecule has 1 aliphatic carbocycles. The lowest BCUT2D eigenvalue weighted by molar-refractivity contribution is -0.155. The molecule has 224 valence electrons. The molecule has 1 aliphatic rings. The smallest absolute Gasteiger partial charge is 0.308 e. The predicted molar refractivity (Wildman–Crippen MR) is 160 cm³/mol. The second kappa shape index (κ2) is 19.9. The highest BCUT2D eigenvalue weighted by molar-refractivity contribution is 5.75. The Bertz CT molecular complexity index is 562. The first-order valence-electron chi connectivity index (χ1n) is 16.4. The fraction of sp³-hybridized carbons (Fsp3) is 0.941.